The SMILES string of the molecule is Cc1nc2ncc(I)cc2n1Cc1ccc(F)c(F)c1. The first-order valence-corrected chi connectivity index (χ1v) is 7.05. The van der Waals surface area contributed by atoms with Crippen LogP contribution in [0.1, 0.15) is 11.4 Å². The van der Waals surface area contributed by atoms with Crippen molar-refractivity contribution in [2.75, 3.05) is 0 Å². The van der Waals surface area contributed by atoms with Crippen molar-refractivity contribution in [2.24, 2.45) is 0 Å². The molecular weight excluding hydrogens is 375 g/mol. The Balaban J connectivity index is 2.07. The second kappa shape index (κ2) is 5.08. The Morgan fingerprint density at radius 2 is 2.00 bits per heavy atom. The molecule has 0 aliphatic carbocycles. The lowest BCUT2D eigenvalue weighted by Crippen LogP contribution is -2.03. The number of aromatic nitrogens is 3. The van der Waals surface area contributed by atoms with E-state index in [2.05, 4.69) is 32.6 Å². The third-order valence-electron chi connectivity index (χ3n) is 3.09. The largest absolute Gasteiger partial charge is 0.322 e. The minimum Gasteiger partial charge on any atom is -0.322 e. The molecule has 0 saturated heterocycles. The monoisotopic (exact) mass is 385 g/mol. The van der Waals surface area contributed by atoms with E-state index in [0.29, 0.717) is 17.8 Å². The molecule has 102 valence electrons. The van der Waals surface area contributed by atoms with Gasteiger partial charge in [-0.3, -0.25) is 0 Å². The van der Waals surface area contributed by atoms with E-state index >= 15 is 0 Å². The Morgan fingerprint density at radius 1 is 1.20 bits per heavy atom. The predicted octanol–water partition coefficient (Wildman–Crippen LogP) is 3.67. The lowest BCUT2D eigenvalue weighted by atomic mass is 10.2. The number of fused-ring (bicyclic) bond motifs is 1. The van der Waals surface area contributed by atoms with E-state index in [1.165, 1.54) is 6.07 Å². The van der Waals surface area contributed by atoms with E-state index in [1.54, 1.807) is 12.3 Å². The van der Waals surface area contributed by atoms with Crippen molar-refractivity contribution >= 4 is 33.8 Å². The van der Waals surface area contributed by atoms with Gasteiger partial charge in [0.05, 0.1) is 5.52 Å². The molecule has 0 radical (unpaired) electrons. The smallest absolute Gasteiger partial charge is 0.177 e. The number of nitrogens with zero attached hydrogens (tertiary/aromatic N) is 3. The molecule has 3 rings (SSSR count). The van der Waals surface area contributed by atoms with Crippen LogP contribution in [0.15, 0.2) is 30.5 Å². The first kappa shape index (κ1) is 13.4. The molecule has 0 saturated carbocycles. The van der Waals surface area contributed by atoms with Crippen molar-refractivity contribution in [1.82, 2.24) is 14.5 Å². The van der Waals surface area contributed by atoms with Gasteiger partial charge in [0.15, 0.2) is 17.3 Å². The number of hydrogen-bond donors (Lipinski definition) is 0. The Labute approximate surface area is 127 Å². The van der Waals surface area contributed by atoms with Gasteiger partial charge in [0, 0.05) is 16.3 Å². The molecule has 2 aromatic heterocycles. The van der Waals surface area contributed by atoms with E-state index in [9.17, 15) is 8.78 Å². The highest BCUT2D eigenvalue weighted by Crippen LogP contribution is 2.19. The van der Waals surface area contributed by atoms with Crippen molar-refractivity contribution in [2.45, 2.75) is 13.5 Å². The molecule has 0 fully saturated rings. The lowest BCUT2D eigenvalue weighted by molar-refractivity contribution is 0.506. The molecule has 0 amide bonds. The van der Waals surface area contributed by atoms with Gasteiger partial charge < -0.3 is 4.57 Å². The van der Waals surface area contributed by atoms with Crippen LogP contribution in [0.2, 0.25) is 0 Å². The van der Waals surface area contributed by atoms with Crippen molar-refractivity contribution in [1.29, 1.82) is 0 Å². The highest BCUT2D eigenvalue weighted by Gasteiger charge is 2.10. The molecule has 0 N–H and O–H groups in total. The summed E-state index contributed by atoms with van der Waals surface area (Å²) in [5.74, 6) is -0.881. The van der Waals surface area contributed by atoms with Crippen LogP contribution in [0, 0.1) is 22.1 Å². The Bertz CT molecular complexity index is 798. The summed E-state index contributed by atoms with van der Waals surface area (Å²) in [4.78, 5) is 8.63. The average molecular weight is 385 g/mol. The van der Waals surface area contributed by atoms with Crippen LogP contribution in [0.4, 0.5) is 8.78 Å². The van der Waals surface area contributed by atoms with Gasteiger partial charge >= 0.3 is 0 Å². The van der Waals surface area contributed by atoms with Crippen LogP contribution < -0.4 is 0 Å². The quantitative estimate of drug-likeness (QED) is 0.631. The van der Waals surface area contributed by atoms with Gasteiger partial charge in [0.2, 0.25) is 0 Å². The molecule has 0 spiro atoms. The Kier molecular flexibility index (Phi) is 3.41. The molecular formula is C14H10F2IN3. The van der Waals surface area contributed by atoms with E-state index in [-0.39, 0.29) is 0 Å². The average Bonchev–Trinajstić information content (AvgIpc) is 2.70. The molecule has 0 aliphatic heterocycles. The Hall–Kier alpha value is -1.57. The summed E-state index contributed by atoms with van der Waals surface area (Å²) in [5, 5.41) is 0. The van der Waals surface area contributed by atoms with Crippen LogP contribution in [-0.2, 0) is 6.54 Å². The number of halogens is 3. The Morgan fingerprint density at radius 3 is 2.75 bits per heavy atom. The minimum atomic E-state index is -0.836. The number of aryl methyl sites for hydroxylation is 1. The van der Waals surface area contributed by atoms with Gasteiger partial charge in [0.1, 0.15) is 5.82 Å². The summed E-state index contributed by atoms with van der Waals surface area (Å²) in [6.45, 7) is 2.30. The number of pyridine rings is 1. The first-order valence-electron chi connectivity index (χ1n) is 5.97. The minimum absolute atomic E-state index is 0.432. The summed E-state index contributed by atoms with van der Waals surface area (Å²) in [6.07, 6.45) is 1.75. The fourth-order valence-electron chi connectivity index (χ4n) is 2.11. The number of hydrogen-bond acceptors (Lipinski definition) is 2. The van der Waals surface area contributed by atoms with Gasteiger partial charge in [-0.25, -0.2) is 18.7 Å². The summed E-state index contributed by atoms with van der Waals surface area (Å²) in [7, 11) is 0. The van der Waals surface area contributed by atoms with Crippen LogP contribution in [-0.4, -0.2) is 14.5 Å². The van der Waals surface area contributed by atoms with Crippen molar-refractivity contribution in [3.8, 4) is 0 Å². The molecule has 0 unspecified atom stereocenters. The molecule has 3 aromatic rings. The molecule has 20 heavy (non-hydrogen) atoms. The first-order chi connectivity index (χ1) is 9.54. The van der Waals surface area contributed by atoms with Crippen LogP contribution in [0.3, 0.4) is 0 Å². The second-order valence-electron chi connectivity index (χ2n) is 4.49. The molecule has 3 nitrogen and oxygen atoms in total. The normalized spacial score (nSPS) is 11.2. The zero-order valence-corrected chi connectivity index (χ0v) is 12.7. The molecule has 0 bridgehead atoms. The van der Waals surface area contributed by atoms with Crippen molar-refractivity contribution in [3.05, 3.63) is 57.1 Å². The van der Waals surface area contributed by atoms with E-state index in [1.807, 2.05) is 17.6 Å². The van der Waals surface area contributed by atoms with Gasteiger partial charge in [-0.15, -0.1) is 0 Å². The highest BCUT2D eigenvalue weighted by atomic mass is 127. The van der Waals surface area contributed by atoms with E-state index in [0.717, 1.165) is 21.0 Å². The summed E-state index contributed by atoms with van der Waals surface area (Å²) in [6, 6.07) is 5.90. The highest BCUT2D eigenvalue weighted by molar-refractivity contribution is 14.1. The molecule has 6 heteroatoms. The second-order valence-corrected chi connectivity index (χ2v) is 5.74. The molecule has 2 heterocycles. The molecule has 1 aromatic carbocycles. The predicted molar refractivity (Wildman–Crippen MR) is 80.4 cm³/mol. The lowest BCUT2D eigenvalue weighted by Gasteiger charge is -2.07. The van der Waals surface area contributed by atoms with Crippen LogP contribution >= 0.6 is 22.6 Å². The summed E-state index contributed by atoms with van der Waals surface area (Å²) in [5.41, 5.74) is 2.23. The maximum absolute atomic E-state index is 13.3. The third-order valence-corrected chi connectivity index (χ3v) is 3.68. The fourth-order valence-corrected chi connectivity index (χ4v) is 2.55. The van der Waals surface area contributed by atoms with Gasteiger partial charge in [-0.05, 0) is 53.3 Å². The summed E-state index contributed by atoms with van der Waals surface area (Å²) < 4.78 is 29.2. The van der Waals surface area contributed by atoms with Crippen molar-refractivity contribution in [3.63, 3.8) is 0 Å². The van der Waals surface area contributed by atoms with Gasteiger partial charge in [0.25, 0.3) is 0 Å². The zero-order chi connectivity index (χ0) is 14.3. The third kappa shape index (κ3) is 2.39. The standard InChI is InChI=1S/C14H10F2IN3/c1-8-19-14-13(5-10(17)6-18-14)20(8)7-9-2-3-11(15)12(16)4-9/h2-6H,7H2,1H3. The van der Waals surface area contributed by atoms with Gasteiger partial charge in [-0.2, -0.15) is 0 Å². The van der Waals surface area contributed by atoms with Gasteiger partial charge in [-0.1, -0.05) is 6.07 Å². The van der Waals surface area contributed by atoms with E-state index in [4.69, 9.17) is 0 Å². The summed E-state index contributed by atoms with van der Waals surface area (Å²) >= 11 is 2.18. The van der Waals surface area contributed by atoms with Crippen molar-refractivity contribution < 1.29 is 8.78 Å². The molecule has 0 atom stereocenters. The maximum Gasteiger partial charge on any atom is 0.177 e. The van der Waals surface area contributed by atoms with E-state index < -0.39 is 11.6 Å². The zero-order valence-electron chi connectivity index (χ0n) is 10.6. The fraction of sp³-hybridized carbons (Fsp3) is 0.143. The number of rotatable bonds is 2. The maximum atomic E-state index is 13.3. The number of imidazole rings is 1. The topological polar surface area (TPSA) is 30.7 Å². The number of benzene rings is 1. The van der Waals surface area contributed by atoms with Crippen LogP contribution in [0.5, 0.6) is 0 Å². The van der Waals surface area contributed by atoms with Crippen LogP contribution in [0.25, 0.3) is 11.2 Å². The molecule has 0 aliphatic rings.